The summed E-state index contributed by atoms with van der Waals surface area (Å²) in [6, 6.07) is 61.4. The first-order valence-electron chi connectivity index (χ1n) is 37.9. The van der Waals surface area contributed by atoms with Crippen LogP contribution in [-0.2, 0) is 71.4 Å². The van der Waals surface area contributed by atoms with Gasteiger partial charge in [0.15, 0.2) is 27.0 Å². The second-order valence-corrected chi connectivity index (χ2v) is 34.1. The van der Waals surface area contributed by atoms with Gasteiger partial charge in [0, 0.05) is 94.4 Å². The molecule has 6 aromatic heterocycles. The number of carboxylic acids is 1. The summed E-state index contributed by atoms with van der Waals surface area (Å²) in [5, 5.41) is 30.9. The molecular weight excluding hydrogens is 1690 g/mol. The first-order valence-corrected chi connectivity index (χ1v) is 43.1. The summed E-state index contributed by atoms with van der Waals surface area (Å²) in [6.45, 7) is 6.60. The number of aromatic nitrogens is 4. The molecule has 610 valence electrons. The van der Waals surface area contributed by atoms with E-state index in [1.165, 1.54) is 64.5 Å². The van der Waals surface area contributed by atoms with Crippen molar-refractivity contribution >= 4 is 138 Å². The van der Waals surface area contributed by atoms with Crippen molar-refractivity contribution in [2.45, 2.75) is 70.8 Å². The zero-order valence-electron chi connectivity index (χ0n) is 65.5. The Hall–Kier alpha value is -12.2. The molecule has 4 N–H and O–H groups in total. The molecule has 21 nitrogen and oxygen atoms in total. The summed E-state index contributed by atoms with van der Waals surface area (Å²) in [6.07, 6.45) is 3.52. The molecule has 0 bridgehead atoms. The Morgan fingerprint density at radius 3 is 1.59 bits per heavy atom. The summed E-state index contributed by atoms with van der Waals surface area (Å²) in [5.74, 6) is -0.170. The first-order chi connectivity index (χ1) is 57.8. The van der Waals surface area contributed by atoms with Crippen LogP contribution in [-0.4, -0.2) is 95.1 Å². The largest absolute Gasteiger partial charge is 0.493 e. The molecule has 17 rings (SSSR count). The number of thiophene rings is 2. The van der Waals surface area contributed by atoms with Crippen LogP contribution in [0.3, 0.4) is 0 Å². The minimum atomic E-state index is -3.32. The van der Waals surface area contributed by atoms with Crippen LogP contribution in [0.2, 0.25) is 10.0 Å². The predicted octanol–water partition coefficient (Wildman–Crippen LogP) is 17.6. The molecule has 0 atom stereocenters. The maximum atomic E-state index is 13.6. The molecular formula is C93H78BrCl2N5O16S3. The number of rotatable bonds is 19. The molecule has 0 saturated heterocycles. The number of aliphatic hydroxyl groups is 1. The fourth-order valence-electron chi connectivity index (χ4n) is 15.0. The number of hydrogen-bond donors (Lipinski definition) is 3. The Labute approximate surface area is 714 Å². The van der Waals surface area contributed by atoms with Crippen molar-refractivity contribution in [1.29, 1.82) is 0 Å². The van der Waals surface area contributed by atoms with E-state index in [-0.39, 0.29) is 69.5 Å². The molecule has 0 fully saturated rings. The van der Waals surface area contributed by atoms with Crippen LogP contribution in [0.5, 0.6) is 17.2 Å². The van der Waals surface area contributed by atoms with Crippen LogP contribution in [0.1, 0.15) is 87.2 Å². The number of pyridine rings is 4. The molecule has 0 aliphatic carbocycles. The molecule has 0 saturated carbocycles. The zero-order valence-corrected chi connectivity index (χ0v) is 71.0. The highest BCUT2D eigenvalue weighted by Gasteiger charge is 2.28. The van der Waals surface area contributed by atoms with Gasteiger partial charge >= 0.3 is 17.9 Å². The molecule has 120 heavy (non-hydrogen) atoms. The van der Waals surface area contributed by atoms with Crippen molar-refractivity contribution in [3.8, 4) is 38.8 Å². The Bertz CT molecular complexity index is 6890. The van der Waals surface area contributed by atoms with Gasteiger partial charge in [-0.25, -0.2) is 22.8 Å². The van der Waals surface area contributed by atoms with Gasteiger partial charge in [-0.2, -0.15) is 11.3 Å². The summed E-state index contributed by atoms with van der Waals surface area (Å²) < 4.78 is 57.6. The van der Waals surface area contributed by atoms with Gasteiger partial charge in [0.1, 0.15) is 11.5 Å². The van der Waals surface area contributed by atoms with Gasteiger partial charge in [0.25, 0.3) is 22.2 Å². The maximum absolute atomic E-state index is 13.6. The number of nitrogens with two attached hydrogens (primary N) is 1. The quantitative estimate of drug-likeness (QED) is 0.0634. The topological polar surface area (TPSA) is 286 Å². The molecule has 2 aliphatic rings. The van der Waals surface area contributed by atoms with Crippen LogP contribution in [0, 0.1) is 13.8 Å². The maximum Gasteiger partial charge on any atom is 0.358 e. The standard InChI is InChI=1S/C28H24BrNO5.C23H18ClNO4S.C23H18ClNO2S.C19H18N2O5S/c1-33-28(32)25-26(35-13-11-18-5-3-2-4-6-18)23-16-21(29)8-9-22(23)27(31)30(25)17-19-7-10-24-20(15-19)12-14-34-24;1-13-20(21-16(12-26)8-9-30-21)19-10-17(24)6-7-18(19)22(27)25(13)11-14-2-4-15(5-3-14)23(28)29;1-14-22(17-7-9-28-13-17)20-11-18(24)3-4-19(20)23(26)25(14)12-15-2-5-21-16(10-15)6-8-27-21;1-26-19(23)17-16(20)14-5-3-4-6-15(14)18(22)21(17)11-12-7-9-13(10-8-12)27(2,24)25/h2-10,15-16H,11-14,17H2,1H3;2-10,26H,11-12H2,1H3,(H,28,29);2-5,7,9-11,13H,6,8,12H2,1H3;3-10H,11,20H2,1-2H3. The van der Waals surface area contributed by atoms with Crippen LogP contribution < -0.4 is 42.2 Å². The van der Waals surface area contributed by atoms with Crippen LogP contribution in [0.4, 0.5) is 5.69 Å². The van der Waals surface area contributed by atoms with Crippen LogP contribution in [0.25, 0.3) is 64.7 Å². The van der Waals surface area contributed by atoms with Gasteiger partial charge in [0.05, 0.1) is 88.4 Å². The highest BCUT2D eigenvalue weighted by molar-refractivity contribution is 9.10. The van der Waals surface area contributed by atoms with E-state index in [4.69, 9.17) is 57.7 Å². The second kappa shape index (κ2) is 36.6. The molecule has 9 aromatic carbocycles. The summed E-state index contributed by atoms with van der Waals surface area (Å²) in [5.41, 5.74) is 18.3. The van der Waals surface area contributed by atoms with Gasteiger partial charge in [-0.1, -0.05) is 136 Å². The molecule has 2 aliphatic heterocycles. The number of aliphatic hydroxyl groups excluding tert-OH is 1. The number of hydrogen-bond acceptors (Lipinski definition) is 18. The number of carbonyl (C=O) groups is 3. The zero-order chi connectivity index (χ0) is 84.8. The lowest BCUT2D eigenvalue weighted by Crippen LogP contribution is -2.29. The Kier molecular flexibility index (Phi) is 25.7. The summed E-state index contributed by atoms with van der Waals surface area (Å²) in [4.78, 5) is 90.7. The number of ether oxygens (including phenoxy) is 5. The molecule has 0 unspecified atom stereocenters. The number of carbonyl (C=O) groups excluding carboxylic acids is 2. The van der Waals surface area contributed by atoms with E-state index < -0.39 is 27.7 Å². The SMILES string of the molecule is COC(=O)c1c(N)c2ccccc2c(=O)n1Cc1ccc(S(C)(=O)=O)cc1.COC(=O)c1c(OCCc2ccccc2)c2cc(Br)ccc2c(=O)n1Cc1ccc2c(c1)CCO2.Cc1c(-c2ccsc2)c2cc(Cl)ccc2c(=O)n1Cc1ccc2c(c1)CCO2.Cc1c(-c2sccc2CO)c2cc(Cl)ccc2c(=O)n1Cc1ccc(C(=O)O)cc1. The normalized spacial score (nSPS) is 12.0. The number of benzene rings is 9. The number of halogens is 3. The van der Waals surface area contributed by atoms with Crippen molar-refractivity contribution in [3.63, 3.8) is 0 Å². The van der Waals surface area contributed by atoms with Crippen molar-refractivity contribution in [2.75, 3.05) is 46.0 Å². The first kappa shape index (κ1) is 84.3. The molecule has 0 spiro atoms. The monoisotopic (exact) mass is 1770 g/mol. The molecule has 8 heterocycles. The third-order valence-electron chi connectivity index (χ3n) is 21.0. The van der Waals surface area contributed by atoms with Gasteiger partial charge < -0.3 is 48.8 Å². The number of fused-ring (bicyclic) bond motifs is 6. The van der Waals surface area contributed by atoms with E-state index in [0.717, 1.165) is 119 Å². The number of sulfone groups is 1. The van der Waals surface area contributed by atoms with Crippen molar-refractivity contribution < 1.29 is 56.7 Å². The smallest absolute Gasteiger partial charge is 0.358 e. The van der Waals surface area contributed by atoms with E-state index in [0.29, 0.717) is 86.4 Å². The molecule has 27 heteroatoms. The van der Waals surface area contributed by atoms with E-state index in [1.54, 1.807) is 101 Å². The highest BCUT2D eigenvalue weighted by Crippen LogP contribution is 2.40. The number of carboxylic acid groups (broad SMARTS) is 1. The Morgan fingerprint density at radius 1 is 0.533 bits per heavy atom. The van der Waals surface area contributed by atoms with Crippen LogP contribution >= 0.6 is 61.8 Å². The lowest BCUT2D eigenvalue weighted by atomic mass is 9.99. The third-order valence-corrected chi connectivity index (χ3v) is 24.8. The number of nitrogen functional groups attached to an aromatic ring is 1. The molecule has 0 radical (unpaired) electrons. The number of anilines is 1. The lowest BCUT2D eigenvalue weighted by Gasteiger charge is -2.19. The van der Waals surface area contributed by atoms with Crippen molar-refractivity contribution in [2.24, 2.45) is 0 Å². The average molecular weight is 1770 g/mol. The Morgan fingerprint density at radius 2 is 1.02 bits per heavy atom. The number of aromatic carboxylic acids is 1. The predicted molar refractivity (Wildman–Crippen MR) is 476 cm³/mol. The average Bonchev–Trinajstić information content (AvgIpc) is 1.24. The van der Waals surface area contributed by atoms with Crippen molar-refractivity contribution in [3.05, 3.63) is 351 Å². The van der Waals surface area contributed by atoms with E-state index >= 15 is 0 Å². The fourth-order valence-corrected chi connectivity index (χ4v) is 18.0. The minimum Gasteiger partial charge on any atom is -0.493 e. The Balaban J connectivity index is 0.000000132. The van der Waals surface area contributed by atoms with Gasteiger partial charge in [0.2, 0.25) is 0 Å². The summed E-state index contributed by atoms with van der Waals surface area (Å²) >= 11 is 19.1. The van der Waals surface area contributed by atoms with E-state index in [9.17, 15) is 47.1 Å². The lowest BCUT2D eigenvalue weighted by molar-refractivity contribution is 0.0576. The van der Waals surface area contributed by atoms with E-state index in [2.05, 4.69) is 38.8 Å². The summed E-state index contributed by atoms with van der Waals surface area (Å²) in [7, 11) is -0.801. The fraction of sp³-hybridized carbons (Fsp3) is 0.172. The van der Waals surface area contributed by atoms with E-state index in [1.807, 2.05) is 109 Å². The van der Waals surface area contributed by atoms with Crippen molar-refractivity contribution in [1.82, 2.24) is 18.3 Å². The molecule has 0 amide bonds. The second-order valence-electron chi connectivity index (χ2n) is 28.6. The molecule has 15 aromatic rings. The van der Waals surface area contributed by atoms with Crippen LogP contribution in [0.15, 0.2) is 251 Å². The number of esters is 2. The van der Waals surface area contributed by atoms with Gasteiger partial charge in [-0.3, -0.25) is 28.3 Å². The third kappa shape index (κ3) is 17.9. The number of nitrogens with zero attached hydrogens (tertiary/aromatic N) is 4. The minimum absolute atomic E-state index is 0.0138. The van der Waals surface area contributed by atoms with Gasteiger partial charge in [-0.15, -0.1) is 11.3 Å². The number of methoxy groups -OCH3 is 2. The highest BCUT2D eigenvalue weighted by atomic mass is 79.9. The van der Waals surface area contributed by atoms with Gasteiger partial charge in [-0.05, 0) is 200 Å².